The average Bonchev–Trinajstić information content (AvgIpc) is 2.42. The molecule has 0 aromatic carbocycles. The summed E-state index contributed by atoms with van der Waals surface area (Å²) in [7, 11) is 0. The quantitative estimate of drug-likeness (QED) is 0.474. The normalized spacial score (nSPS) is 37.2. The molecule has 3 heteroatoms. The fourth-order valence-corrected chi connectivity index (χ4v) is 2.60. The Morgan fingerprint density at radius 1 is 1.14 bits per heavy atom. The van der Waals surface area contributed by atoms with E-state index >= 15 is 0 Å². The minimum atomic E-state index is -0.290. The number of ether oxygens (including phenoxy) is 1. The molecule has 2 aliphatic rings. The molecule has 1 aliphatic heterocycles. The van der Waals surface area contributed by atoms with Crippen LogP contribution >= 0.6 is 0 Å². The van der Waals surface area contributed by atoms with Gasteiger partial charge in [0.2, 0.25) is 0 Å². The summed E-state index contributed by atoms with van der Waals surface area (Å²) in [4.78, 5) is 22.6. The maximum Gasteiger partial charge on any atom is 0.317 e. The van der Waals surface area contributed by atoms with E-state index in [9.17, 15) is 9.59 Å². The van der Waals surface area contributed by atoms with E-state index in [1.54, 1.807) is 0 Å². The van der Waals surface area contributed by atoms with E-state index in [4.69, 9.17) is 0 Å². The van der Waals surface area contributed by atoms with Crippen molar-refractivity contribution in [1.82, 2.24) is 0 Å². The third-order valence-electron chi connectivity index (χ3n) is 3.64. The van der Waals surface area contributed by atoms with E-state index in [-0.39, 0.29) is 23.8 Å². The highest BCUT2D eigenvalue weighted by atomic mass is 16.6. The molecule has 0 aromatic heterocycles. The van der Waals surface area contributed by atoms with Crippen LogP contribution < -0.4 is 0 Å². The minimum absolute atomic E-state index is 0.127. The van der Waals surface area contributed by atoms with Crippen LogP contribution in [0.4, 0.5) is 0 Å². The van der Waals surface area contributed by atoms with Crippen LogP contribution in [0, 0.1) is 23.7 Å². The molecule has 0 aromatic rings. The molecule has 0 bridgehead atoms. The van der Waals surface area contributed by atoms with Gasteiger partial charge in [-0.15, -0.1) is 0 Å². The van der Waals surface area contributed by atoms with Crippen molar-refractivity contribution < 1.29 is 14.3 Å². The number of hydrogen-bond acceptors (Lipinski definition) is 3. The molecule has 0 spiro atoms. The predicted octanol–water partition coefficient (Wildman–Crippen LogP) is 1.76. The zero-order valence-electron chi connectivity index (χ0n) is 8.66. The van der Waals surface area contributed by atoms with E-state index < -0.39 is 0 Å². The first-order valence-electron chi connectivity index (χ1n) is 5.35. The van der Waals surface area contributed by atoms with Crippen LogP contribution in [-0.4, -0.2) is 11.9 Å². The second kappa shape index (κ2) is 3.37. The summed E-state index contributed by atoms with van der Waals surface area (Å²) in [6, 6.07) is 0. The predicted molar refractivity (Wildman–Crippen MR) is 50.3 cm³/mol. The summed E-state index contributed by atoms with van der Waals surface area (Å²) in [6.45, 7) is 4.35. The van der Waals surface area contributed by atoms with Crippen molar-refractivity contribution in [3.05, 3.63) is 0 Å². The van der Waals surface area contributed by atoms with Crippen molar-refractivity contribution in [2.75, 3.05) is 0 Å². The molecule has 2 fully saturated rings. The lowest BCUT2D eigenvalue weighted by Crippen LogP contribution is -2.29. The minimum Gasteiger partial charge on any atom is -0.393 e. The highest BCUT2D eigenvalue weighted by Crippen LogP contribution is 2.41. The number of carbonyl (C=O) groups excluding carboxylic acids is 2. The van der Waals surface area contributed by atoms with Gasteiger partial charge in [0.15, 0.2) is 0 Å². The molecular weight excluding hydrogens is 180 g/mol. The van der Waals surface area contributed by atoms with Gasteiger partial charge in [0, 0.05) is 0 Å². The fourth-order valence-electron chi connectivity index (χ4n) is 2.60. The fraction of sp³-hybridized carbons (Fsp3) is 0.818. The molecule has 1 saturated heterocycles. The lowest BCUT2D eigenvalue weighted by molar-refractivity contribution is -0.153. The maximum absolute atomic E-state index is 11.3. The Hall–Kier alpha value is -0.860. The molecule has 1 aliphatic carbocycles. The number of carbonyl (C=O) groups is 2. The molecule has 3 unspecified atom stereocenters. The van der Waals surface area contributed by atoms with Crippen LogP contribution in [0.3, 0.4) is 0 Å². The van der Waals surface area contributed by atoms with E-state index in [0.717, 1.165) is 19.3 Å². The van der Waals surface area contributed by atoms with Crippen molar-refractivity contribution in [2.24, 2.45) is 23.7 Å². The average molecular weight is 196 g/mol. The Balaban J connectivity index is 2.09. The molecule has 3 nitrogen and oxygen atoms in total. The topological polar surface area (TPSA) is 43.4 Å². The standard InChI is InChI=1S/C11H16O3/c1-6(2)7-3-4-8-9(5-7)11(13)14-10(8)12/h6-9H,3-5H2,1-2H3. The Bertz CT molecular complexity index is 270. The van der Waals surface area contributed by atoms with E-state index in [0.29, 0.717) is 11.8 Å². The van der Waals surface area contributed by atoms with Crippen LogP contribution in [0.1, 0.15) is 33.1 Å². The molecule has 0 N–H and O–H groups in total. The van der Waals surface area contributed by atoms with Crippen LogP contribution in [0.15, 0.2) is 0 Å². The summed E-state index contributed by atoms with van der Waals surface area (Å²) in [6.07, 6.45) is 2.73. The molecule has 1 heterocycles. The number of fused-ring (bicyclic) bond motifs is 1. The van der Waals surface area contributed by atoms with Gasteiger partial charge in [-0.2, -0.15) is 0 Å². The number of esters is 2. The molecule has 1 saturated carbocycles. The van der Waals surface area contributed by atoms with Gasteiger partial charge >= 0.3 is 11.9 Å². The van der Waals surface area contributed by atoms with Gasteiger partial charge in [-0.05, 0) is 31.1 Å². The van der Waals surface area contributed by atoms with Gasteiger partial charge in [-0.25, -0.2) is 0 Å². The van der Waals surface area contributed by atoms with Crippen molar-refractivity contribution in [2.45, 2.75) is 33.1 Å². The Labute approximate surface area is 83.8 Å². The SMILES string of the molecule is CC(C)C1CCC2C(=O)OC(=O)C2C1. The highest BCUT2D eigenvalue weighted by molar-refractivity contribution is 5.96. The van der Waals surface area contributed by atoms with Gasteiger partial charge in [-0.1, -0.05) is 13.8 Å². The summed E-state index contributed by atoms with van der Waals surface area (Å²) in [5.74, 6) is 0.336. The molecule has 0 radical (unpaired) electrons. The van der Waals surface area contributed by atoms with Crippen molar-refractivity contribution in [3.8, 4) is 0 Å². The third-order valence-corrected chi connectivity index (χ3v) is 3.64. The number of hydrogen-bond donors (Lipinski definition) is 0. The summed E-state index contributed by atoms with van der Waals surface area (Å²) in [5.41, 5.74) is 0. The third kappa shape index (κ3) is 1.45. The second-order valence-electron chi connectivity index (χ2n) is 4.77. The van der Waals surface area contributed by atoms with Crippen LogP contribution in [0.5, 0.6) is 0 Å². The molecule has 78 valence electrons. The lowest BCUT2D eigenvalue weighted by Gasteiger charge is -2.30. The highest BCUT2D eigenvalue weighted by Gasteiger charge is 2.47. The molecule has 2 rings (SSSR count). The van der Waals surface area contributed by atoms with Gasteiger partial charge in [0.25, 0.3) is 0 Å². The summed E-state index contributed by atoms with van der Waals surface area (Å²) >= 11 is 0. The van der Waals surface area contributed by atoms with Gasteiger partial charge in [0.1, 0.15) is 0 Å². The zero-order chi connectivity index (χ0) is 10.3. The first-order valence-corrected chi connectivity index (χ1v) is 5.35. The second-order valence-corrected chi connectivity index (χ2v) is 4.77. The Kier molecular flexibility index (Phi) is 2.33. The van der Waals surface area contributed by atoms with Crippen molar-refractivity contribution >= 4 is 11.9 Å². The first kappa shape index (κ1) is 9.69. The lowest BCUT2D eigenvalue weighted by atomic mass is 9.72. The zero-order valence-corrected chi connectivity index (χ0v) is 8.66. The van der Waals surface area contributed by atoms with E-state index in [1.165, 1.54) is 0 Å². The van der Waals surface area contributed by atoms with Crippen LogP contribution in [0.25, 0.3) is 0 Å². The summed E-state index contributed by atoms with van der Waals surface area (Å²) in [5, 5.41) is 0. The monoisotopic (exact) mass is 196 g/mol. The Morgan fingerprint density at radius 3 is 2.43 bits per heavy atom. The first-order chi connectivity index (χ1) is 6.59. The summed E-state index contributed by atoms with van der Waals surface area (Å²) < 4.78 is 4.66. The van der Waals surface area contributed by atoms with Crippen molar-refractivity contribution in [3.63, 3.8) is 0 Å². The molecule has 3 atom stereocenters. The van der Waals surface area contributed by atoms with E-state index in [1.807, 2.05) is 0 Å². The maximum atomic E-state index is 11.3. The number of rotatable bonds is 1. The smallest absolute Gasteiger partial charge is 0.317 e. The number of cyclic esters (lactones) is 2. The molecule has 14 heavy (non-hydrogen) atoms. The van der Waals surface area contributed by atoms with E-state index in [2.05, 4.69) is 18.6 Å². The van der Waals surface area contributed by atoms with Crippen molar-refractivity contribution in [1.29, 1.82) is 0 Å². The Morgan fingerprint density at radius 2 is 1.79 bits per heavy atom. The van der Waals surface area contributed by atoms with Crippen LogP contribution in [-0.2, 0) is 14.3 Å². The molecule has 0 amide bonds. The van der Waals surface area contributed by atoms with Gasteiger partial charge in [-0.3, -0.25) is 9.59 Å². The molecular formula is C11H16O3. The van der Waals surface area contributed by atoms with Crippen LogP contribution in [0.2, 0.25) is 0 Å². The van der Waals surface area contributed by atoms with Gasteiger partial charge < -0.3 is 4.74 Å². The van der Waals surface area contributed by atoms with Gasteiger partial charge in [0.05, 0.1) is 11.8 Å². The largest absolute Gasteiger partial charge is 0.393 e.